The van der Waals surface area contributed by atoms with E-state index in [1.807, 2.05) is 6.07 Å². The van der Waals surface area contributed by atoms with Gasteiger partial charge in [0.1, 0.15) is 17.7 Å². The molecule has 0 aromatic carbocycles. The van der Waals surface area contributed by atoms with Crippen molar-refractivity contribution in [2.75, 3.05) is 0 Å². The molecule has 0 unspecified atom stereocenters. The first-order valence-electron chi connectivity index (χ1n) is 4.56. The van der Waals surface area contributed by atoms with Crippen molar-refractivity contribution in [1.29, 1.82) is 10.5 Å². The van der Waals surface area contributed by atoms with Crippen LogP contribution >= 0.6 is 0 Å². The highest BCUT2D eigenvalue weighted by molar-refractivity contribution is 5.48. The summed E-state index contributed by atoms with van der Waals surface area (Å²) in [5.41, 5.74) is 1.09. The Morgan fingerprint density at radius 3 is 2.69 bits per heavy atom. The van der Waals surface area contributed by atoms with Gasteiger partial charge in [-0.15, -0.1) is 0 Å². The highest BCUT2D eigenvalue weighted by atomic mass is 15.3. The summed E-state index contributed by atoms with van der Waals surface area (Å²) in [6.45, 7) is 1.75. The maximum Gasteiger partial charge on any atom is 0.218 e. The molecule has 0 amide bonds. The third kappa shape index (κ3) is 1.25. The Bertz CT molecular complexity index is 619. The Balaban J connectivity index is 2.76. The van der Waals surface area contributed by atoms with E-state index in [0.717, 1.165) is 0 Å². The normalized spacial score (nSPS) is 9.75. The maximum atomic E-state index is 9.06. The molecule has 2 rings (SSSR count). The molecule has 0 aliphatic rings. The van der Waals surface area contributed by atoms with E-state index >= 15 is 0 Å². The molecule has 2 aromatic heterocycles. The summed E-state index contributed by atoms with van der Waals surface area (Å²) in [6.07, 6.45) is 3.15. The fourth-order valence-corrected chi connectivity index (χ4v) is 1.61. The molecule has 0 radical (unpaired) electrons. The lowest BCUT2D eigenvalue weighted by molar-refractivity contribution is 0.719. The zero-order valence-corrected chi connectivity index (χ0v) is 8.84. The molecular weight excluding hydrogens is 204 g/mol. The fraction of sp³-hybridized carbons (Fsp3) is 0.200. The largest absolute Gasteiger partial charge is 0.274 e. The second-order valence-corrected chi connectivity index (χ2v) is 3.25. The van der Waals surface area contributed by atoms with E-state index in [4.69, 9.17) is 10.5 Å². The molecule has 2 aromatic rings. The number of hydrogen-bond donors (Lipinski definition) is 0. The summed E-state index contributed by atoms with van der Waals surface area (Å²) in [7, 11) is 1.73. The highest BCUT2D eigenvalue weighted by Crippen LogP contribution is 2.17. The molecule has 78 valence electrons. The van der Waals surface area contributed by atoms with Crippen LogP contribution in [0.3, 0.4) is 0 Å². The first-order chi connectivity index (χ1) is 7.69. The van der Waals surface area contributed by atoms with Gasteiger partial charge in [0.2, 0.25) is 5.82 Å². The summed E-state index contributed by atoms with van der Waals surface area (Å²) in [5, 5.41) is 22.1. The minimum atomic E-state index is 0.236. The van der Waals surface area contributed by atoms with Gasteiger partial charge in [-0.3, -0.25) is 9.25 Å². The Morgan fingerprint density at radius 2 is 2.06 bits per heavy atom. The molecule has 0 fully saturated rings. The van der Waals surface area contributed by atoms with Crippen molar-refractivity contribution in [2.45, 2.75) is 6.92 Å². The van der Waals surface area contributed by atoms with Crippen molar-refractivity contribution < 1.29 is 0 Å². The van der Waals surface area contributed by atoms with Crippen LogP contribution in [0.4, 0.5) is 0 Å². The lowest BCUT2D eigenvalue weighted by atomic mass is 10.2. The molecule has 0 atom stereocenters. The molecule has 6 heteroatoms. The zero-order valence-electron chi connectivity index (χ0n) is 8.84. The number of imidazole rings is 1. The summed E-state index contributed by atoms with van der Waals surface area (Å²) < 4.78 is 3.12. The fourth-order valence-electron chi connectivity index (χ4n) is 1.61. The van der Waals surface area contributed by atoms with Gasteiger partial charge in [-0.2, -0.15) is 15.6 Å². The average molecular weight is 212 g/mol. The molecule has 0 spiro atoms. The van der Waals surface area contributed by atoms with Crippen LogP contribution in [0.15, 0.2) is 12.4 Å². The van der Waals surface area contributed by atoms with Crippen LogP contribution in [-0.2, 0) is 7.05 Å². The minimum Gasteiger partial charge on any atom is -0.274 e. The Labute approximate surface area is 92.0 Å². The maximum absolute atomic E-state index is 9.06. The van der Waals surface area contributed by atoms with Gasteiger partial charge < -0.3 is 0 Å². The van der Waals surface area contributed by atoms with E-state index in [9.17, 15) is 0 Å². The summed E-state index contributed by atoms with van der Waals surface area (Å²) >= 11 is 0. The van der Waals surface area contributed by atoms with Gasteiger partial charge in [0.25, 0.3) is 0 Å². The standard InChI is InChI=1S/C10H8N6/c1-7-8(5-11)10(15(2)14-7)16-4-3-13-9(16)6-12/h3-4H,1-2H3. The highest BCUT2D eigenvalue weighted by Gasteiger charge is 2.16. The molecular formula is C10H8N6. The number of nitrogens with zero attached hydrogens (tertiary/aromatic N) is 6. The second-order valence-electron chi connectivity index (χ2n) is 3.25. The van der Waals surface area contributed by atoms with Gasteiger partial charge in [-0.25, -0.2) is 4.98 Å². The van der Waals surface area contributed by atoms with E-state index in [-0.39, 0.29) is 5.82 Å². The Morgan fingerprint density at radius 1 is 1.31 bits per heavy atom. The van der Waals surface area contributed by atoms with Crippen LogP contribution in [0.5, 0.6) is 0 Å². The monoisotopic (exact) mass is 212 g/mol. The molecule has 0 aliphatic carbocycles. The SMILES string of the molecule is Cc1nn(C)c(-n2ccnc2C#N)c1C#N. The first-order valence-corrected chi connectivity index (χ1v) is 4.56. The van der Waals surface area contributed by atoms with Crippen molar-refractivity contribution in [3.8, 4) is 18.0 Å². The summed E-state index contributed by atoms with van der Waals surface area (Å²) in [6, 6.07) is 4.05. The van der Waals surface area contributed by atoms with Crippen LogP contribution in [0.1, 0.15) is 17.1 Å². The predicted octanol–water partition coefficient (Wildman–Crippen LogP) is 0.658. The third-order valence-electron chi connectivity index (χ3n) is 2.27. The Hall–Kier alpha value is -2.60. The second kappa shape index (κ2) is 3.52. The lowest BCUT2D eigenvalue weighted by Crippen LogP contribution is -2.05. The lowest BCUT2D eigenvalue weighted by Gasteiger charge is -2.03. The van der Waals surface area contributed by atoms with Crippen molar-refractivity contribution >= 4 is 0 Å². The third-order valence-corrected chi connectivity index (χ3v) is 2.27. The summed E-state index contributed by atoms with van der Waals surface area (Å²) in [4.78, 5) is 3.89. The molecule has 2 heterocycles. The van der Waals surface area contributed by atoms with Crippen LogP contribution < -0.4 is 0 Å². The van der Waals surface area contributed by atoms with Crippen LogP contribution in [0.25, 0.3) is 5.82 Å². The molecule has 0 aliphatic heterocycles. The van der Waals surface area contributed by atoms with Crippen molar-refractivity contribution in [3.05, 3.63) is 29.5 Å². The molecule has 0 bridgehead atoms. The number of aromatic nitrogens is 4. The van der Waals surface area contributed by atoms with Gasteiger partial charge >= 0.3 is 0 Å². The number of rotatable bonds is 1. The van der Waals surface area contributed by atoms with Crippen LogP contribution in [0.2, 0.25) is 0 Å². The molecule has 0 saturated heterocycles. The topological polar surface area (TPSA) is 83.2 Å². The Kier molecular flexibility index (Phi) is 2.19. The minimum absolute atomic E-state index is 0.236. The van der Waals surface area contributed by atoms with Gasteiger partial charge in [-0.1, -0.05) is 0 Å². The van der Waals surface area contributed by atoms with Crippen LogP contribution in [0, 0.1) is 29.6 Å². The van der Waals surface area contributed by atoms with Gasteiger partial charge in [0.05, 0.1) is 5.69 Å². The van der Waals surface area contributed by atoms with E-state index in [0.29, 0.717) is 17.1 Å². The van der Waals surface area contributed by atoms with Gasteiger partial charge in [0.15, 0.2) is 5.82 Å². The summed E-state index contributed by atoms with van der Waals surface area (Å²) in [5.74, 6) is 0.800. The van der Waals surface area contributed by atoms with E-state index in [1.165, 1.54) is 6.20 Å². The van der Waals surface area contributed by atoms with Gasteiger partial charge in [-0.05, 0) is 6.92 Å². The van der Waals surface area contributed by atoms with Crippen molar-refractivity contribution in [3.63, 3.8) is 0 Å². The van der Waals surface area contributed by atoms with E-state index in [2.05, 4.69) is 16.2 Å². The molecule has 6 nitrogen and oxygen atoms in total. The quantitative estimate of drug-likeness (QED) is 0.695. The average Bonchev–Trinajstić information content (AvgIpc) is 2.81. The van der Waals surface area contributed by atoms with Crippen molar-refractivity contribution in [2.24, 2.45) is 7.05 Å². The van der Waals surface area contributed by atoms with Crippen LogP contribution in [-0.4, -0.2) is 19.3 Å². The first kappa shape index (κ1) is 9.94. The van der Waals surface area contributed by atoms with Gasteiger partial charge in [0, 0.05) is 19.4 Å². The van der Waals surface area contributed by atoms with E-state index < -0.39 is 0 Å². The number of nitriles is 2. The smallest absolute Gasteiger partial charge is 0.218 e. The molecule has 0 N–H and O–H groups in total. The van der Waals surface area contributed by atoms with Crippen molar-refractivity contribution in [1.82, 2.24) is 19.3 Å². The predicted molar refractivity (Wildman–Crippen MR) is 54.5 cm³/mol. The van der Waals surface area contributed by atoms with E-state index in [1.54, 1.807) is 29.4 Å². The molecule has 16 heavy (non-hydrogen) atoms. The zero-order chi connectivity index (χ0) is 11.7. The molecule has 0 saturated carbocycles. The number of aryl methyl sites for hydroxylation is 2. The number of hydrogen-bond acceptors (Lipinski definition) is 4.